The molecule has 0 radical (unpaired) electrons. The average molecular weight is 829 g/mol. The van der Waals surface area contributed by atoms with Crippen molar-refractivity contribution in [2.24, 2.45) is 0 Å². The number of benzene rings is 2. The smallest absolute Gasteiger partial charge is 0.194 e. The lowest BCUT2D eigenvalue weighted by Crippen LogP contribution is -2.22. The Morgan fingerprint density at radius 3 is 1.02 bits per heavy atom. The van der Waals surface area contributed by atoms with Crippen LogP contribution in [-0.4, -0.2) is 24.8 Å². The van der Waals surface area contributed by atoms with Crippen LogP contribution < -0.4 is 9.47 Å². The maximum atomic E-state index is 13.5. The largest absolute Gasteiger partial charge is 0.490 e. The van der Waals surface area contributed by atoms with Gasteiger partial charge in [0, 0.05) is 29.4 Å². The summed E-state index contributed by atoms with van der Waals surface area (Å²) >= 11 is 4.44. The lowest BCUT2D eigenvalue weighted by Gasteiger charge is -2.21. The summed E-state index contributed by atoms with van der Waals surface area (Å²) in [6, 6.07) is 7.18. The topological polar surface area (TPSA) is 52.6 Å². The minimum absolute atomic E-state index is 0.117. The van der Waals surface area contributed by atoms with Crippen molar-refractivity contribution >= 4 is 56.7 Å². The fourth-order valence-corrected chi connectivity index (χ4v) is 6.85. The number of rotatable bonds is 24. The number of carbonyl (C=O) groups excluding carboxylic acids is 2. The Kier molecular flexibility index (Phi) is 18.3. The van der Waals surface area contributed by atoms with Crippen molar-refractivity contribution in [3.8, 4) is 11.5 Å². The van der Waals surface area contributed by atoms with Gasteiger partial charge in [-0.2, -0.15) is 0 Å². The molecule has 1 aliphatic rings. The molecular weight excluding hydrogens is 774 g/mol. The van der Waals surface area contributed by atoms with Gasteiger partial charge in [-0.25, -0.2) is 0 Å². The van der Waals surface area contributed by atoms with Gasteiger partial charge >= 0.3 is 0 Å². The minimum Gasteiger partial charge on any atom is -0.490 e. The maximum absolute atomic E-state index is 13.5. The third kappa shape index (κ3) is 12.2. The summed E-state index contributed by atoms with van der Waals surface area (Å²) in [4.78, 5) is 27.1. The molecule has 0 saturated carbocycles. The van der Waals surface area contributed by atoms with E-state index in [1.54, 1.807) is 12.1 Å². The van der Waals surface area contributed by atoms with Crippen LogP contribution >= 0.6 is 45.2 Å². The van der Waals surface area contributed by atoms with E-state index >= 15 is 0 Å². The number of unbranched alkanes of at least 4 members (excludes halogenated alkanes) is 18. The number of fused-ring (bicyclic) bond motifs is 2. The van der Waals surface area contributed by atoms with Gasteiger partial charge < -0.3 is 9.47 Å². The summed E-state index contributed by atoms with van der Waals surface area (Å²) < 4.78 is 14.4. The van der Waals surface area contributed by atoms with Crippen molar-refractivity contribution in [3.63, 3.8) is 0 Å². The Labute approximate surface area is 294 Å². The molecule has 0 unspecified atom stereocenters. The third-order valence-corrected chi connectivity index (χ3v) is 11.5. The highest BCUT2D eigenvalue weighted by atomic mass is 127. The molecule has 0 N–H and O–H groups in total. The van der Waals surface area contributed by atoms with Gasteiger partial charge in [0.2, 0.25) is 0 Å². The first-order valence-electron chi connectivity index (χ1n) is 17.5. The molecule has 0 spiro atoms. The van der Waals surface area contributed by atoms with Crippen LogP contribution in [0.25, 0.3) is 0 Å². The van der Waals surface area contributed by atoms with E-state index in [2.05, 4.69) is 59.0 Å². The lowest BCUT2D eigenvalue weighted by atomic mass is 9.84. The quantitative estimate of drug-likeness (QED) is 0.0667. The first-order chi connectivity index (χ1) is 21.5. The molecular formula is C38H54I2O4. The first-order valence-corrected chi connectivity index (χ1v) is 19.7. The van der Waals surface area contributed by atoms with Gasteiger partial charge in [-0.15, -0.1) is 0 Å². The van der Waals surface area contributed by atoms with Gasteiger partial charge in [0.05, 0.1) is 13.2 Å². The van der Waals surface area contributed by atoms with Crippen molar-refractivity contribution in [1.29, 1.82) is 0 Å². The van der Waals surface area contributed by atoms with E-state index in [1.807, 2.05) is 12.1 Å². The Morgan fingerprint density at radius 2 is 0.705 bits per heavy atom. The van der Waals surface area contributed by atoms with Gasteiger partial charge in [0.15, 0.2) is 23.1 Å². The molecule has 2 aromatic rings. The molecule has 244 valence electrons. The van der Waals surface area contributed by atoms with E-state index in [4.69, 9.17) is 9.47 Å². The molecule has 2 aromatic carbocycles. The molecule has 6 heteroatoms. The van der Waals surface area contributed by atoms with Crippen LogP contribution in [0.1, 0.15) is 174 Å². The Bertz CT molecular complexity index is 1090. The summed E-state index contributed by atoms with van der Waals surface area (Å²) in [5.41, 5.74) is 1.80. The van der Waals surface area contributed by atoms with Gasteiger partial charge in [-0.1, -0.05) is 129 Å². The lowest BCUT2D eigenvalue weighted by molar-refractivity contribution is 0.0978. The normalized spacial score (nSPS) is 12.4. The highest BCUT2D eigenvalue weighted by Crippen LogP contribution is 2.38. The monoisotopic (exact) mass is 828 g/mol. The summed E-state index contributed by atoms with van der Waals surface area (Å²) in [5, 5.41) is 0. The third-order valence-electron chi connectivity index (χ3n) is 8.63. The molecule has 3 rings (SSSR count). The first kappa shape index (κ1) is 37.3. The van der Waals surface area contributed by atoms with E-state index in [-0.39, 0.29) is 11.6 Å². The van der Waals surface area contributed by atoms with Crippen molar-refractivity contribution in [3.05, 3.63) is 53.7 Å². The zero-order chi connectivity index (χ0) is 31.6. The molecule has 0 amide bonds. The standard InChI is InChI=1S/C38H54I2O4/c1-3-5-7-9-11-13-15-17-19-21-23-43-35-27-31-32(38(42)30-26-34(40)33(39)25-29(30)37(31)41)28-36(35)44-24-22-20-18-16-14-12-10-8-6-4-2/h25-28H,3-24H2,1-2H3. The molecule has 0 aromatic heterocycles. The van der Waals surface area contributed by atoms with E-state index in [9.17, 15) is 9.59 Å². The van der Waals surface area contributed by atoms with Crippen LogP contribution in [0.4, 0.5) is 0 Å². The van der Waals surface area contributed by atoms with Crippen LogP contribution in [0.5, 0.6) is 11.5 Å². The van der Waals surface area contributed by atoms with Gasteiger partial charge in [-0.05, 0) is 82.3 Å². The fraction of sp³-hybridized carbons (Fsp3) is 0.632. The molecule has 44 heavy (non-hydrogen) atoms. The second kappa shape index (κ2) is 21.6. The Balaban J connectivity index is 1.55. The van der Waals surface area contributed by atoms with Gasteiger partial charge in [-0.3, -0.25) is 9.59 Å². The predicted molar refractivity (Wildman–Crippen MR) is 200 cm³/mol. The second-order valence-corrected chi connectivity index (χ2v) is 14.7. The number of hydrogen-bond donors (Lipinski definition) is 0. The summed E-state index contributed by atoms with van der Waals surface area (Å²) in [6.45, 7) is 5.69. The van der Waals surface area contributed by atoms with Crippen LogP contribution in [0.3, 0.4) is 0 Å². The van der Waals surface area contributed by atoms with Crippen molar-refractivity contribution < 1.29 is 19.1 Å². The van der Waals surface area contributed by atoms with E-state index in [0.29, 0.717) is 47.0 Å². The number of ether oxygens (including phenoxy) is 2. The molecule has 0 bridgehead atoms. The van der Waals surface area contributed by atoms with E-state index < -0.39 is 0 Å². The average Bonchev–Trinajstić information content (AvgIpc) is 3.02. The second-order valence-electron chi connectivity index (χ2n) is 12.4. The minimum atomic E-state index is -0.117. The summed E-state index contributed by atoms with van der Waals surface area (Å²) in [7, 11) is 0. The van der Waals surface area contributed by atoms with Gasteiger partial charge in [0.25, 0.3) is 0 Å². The van der Waals surface area contributed by atoms with Crippen molar-refractivity contribution in [2.75, 3.05) is 13.2 Å². The highest BCUT2D eigenvalue weighted by molar-refractivity contribution is 14.1. The number of hydrogen-bond acceptors (Lipinski definition) is 4. The van der Waals surface area contributed by atoms with Crippen molar-refractivity contribution in [2.45, 2.75) is 142 Å². The molecule has 4 nitrogen and oxygen atoms in total. The molecule has 0 atom stereocenters. The van der Waals surface area contributed by atoms with Crippen LogP contribution in [0.2, 0.25) is 0 Å². The van der Waals surface area contributed by atoms with Crippen LogP contribution in [-0.2, 0) is 0 Å². The summed E-state index contributed by atoms with van der Waals surface area (Å²) in [6.07, 6.45) is 25.3. The molecule has 0 aliphatic heterocycles. The zero-order valence-corrected chi connectivity index (χ0v) is 31.6. The van der Waals surface area contributed by atoms with E-state index in [1.165, 1.54) is 103 Å². The number of carbonyl (C=O) groups is 2. The van der Waals surface area contributed by atoms with Crippen LogP contribution in [0.15, 0.2) is 24.3 Å². The number of halogens is 2. The zero-order valence-electron chi connectivity index (χ0n) is 27.3. The van der Waals surface area contributed by atoms with E-state index in [0.717, 1.165) is 32.8 Å². The molecule has 0 saturated heterocycles. The maximum Gasteiger partial charge on any atom is 0.194 e. The summed E-state index contributed by atoms with van der Waals surface area (Å²) in [5.74, 6) is 0.927. The molecule has 1 aliphatic carbocycles. The fourth-order valence-electron chi connectivity index (χ4n) is 5.92. The van der Waals surface area contributed by atoms with Crippen LogP contribution in [0, 0.1) is 7.14 Å². The Morgan fingerprint density at radius 1 is 0.432 bits per heavy atom. The SMILES string of the molecule is CCCCCCCCCCCCOc1cc2c(cc1OCCCCCCCCCCCC)C(=O)c1cc(I)c(I)cc1C2=O. The molecule has 0 fully saturated rings. The Hall–Kier alpha value is -1.16. The highest BCUT2D eigenvalue weighted by Gasteiger charge is 2.32. The predicted octanol–water partition coefficient (Wildman–Crippen LogP) is 12.3. The molecule has 0 heterocycles. The van der Waals surface area contributed by atoms with Crippen molar-refractivity contribution in [1.82, 2.24) is 0 Å². The number of ketones is 2. The van der Waals surface area contributed by atoms with Gasteiger partial charge in [0.1, 0.15) is 0 Å².